The largest absolute Gasteiger partial charge is 0.404 e. The van der Waals surface area contributed by atoms with Crippen LogP contribution in [0.25, 0.3) is 16.6 Å². The molecule has 0 amide bonds. The first-order valence-electron chi connectivity index (χ1n) is 10.8. The average molecular weight is 450 g/mol. The van der Waals surface area contributed by atoms with Crippen LogP contribution in [-0.2, 0) is 9.47 Å². The molecular formula is C24H31N7O2. The number of pyridine rings is 2. The first-order chi connectivity index (χ1) is 16.0. The smallest absolute Gasteiger partial charge is 0.154 e. The summed E-state index contributed by atoms with van der Waals surface area (Å²) in [4.78, 5) is 13.7. The highest BCUT2D eigenvalue weighted by Crippen LogP contribution is 2.21. The predicted molar refractivity (Wildman–Crippen MR) is 132 cm³/mol. The van der Waals surface area contributed by atoms with Crippen LogP contribution in [0.15, 0.2) is 47.9 Å². The van der Waals surface area contributed by atoms with Crippen molar-refractivity contribution < 1.29 is 9.47 Å². The van der Waals surface area contributed by atoms with Crippen molar-refractivity contribution in [3.8, 4) is 0 Å². The topological polar surface area (TPSA) is 120 Å². The van der Waals surface area contributed by atoms with Crippen LogP contribution >= 0.6 is 0 Å². The molecule has 0 spiro atoms. The van der Waals surface area contributed by atoms with Crippen LogP contribution in [0.4, 0.5) is 11.6 Å². The van der Waals surface area contributed by atoms with Crippen molar-refractivity contribution in [1.82, 2.24) is 20.2 Å². The molecule has 0 aliphatic rings. The summed E-state index contributed by atoms with van der Waals surface area (Å²) in [6.07, 6.45) is 6.80. The molecule has 0 atom stereocenters. The van der Waals surface area contributed by atoms with Crippen LogP contribution in [0.1, 0.15) is 30.9 Å². The van der Waals surface area contributed by atoms with E-state index in [0.29, 0.717) is 37.3 Å². The lowest BCUT2D eigenvalue weighted by atomic mass is 10.1. The van der Waals surface area contributed by atoms with E-state index >= 15 is 0 Å². The lowest BCUT2D eigenvalue weighted by molar-refractivity contribution is 0.0889. The van der Waals surface area contributed by atoms with Gasteiger partial charge < -0.3 is 20.5 Å². The number of fused-ring (bicyclic) bond motifs is 1. The Kier molecular flexibility index (Phi) is 8.79. The van der Waals surface area contributed by atoms with Crippen LogP contribution in [0.3, 0.4) is 0 Å². The van der Waals surface area contributed by atoms with Crippen molar-refractivity contribution in [3.63, 3.8) is 0 Å². The molecule has 0 unspecified atom stereocenters. The third kappa shape index (κ3) is 6.77. The molecule has 9 nitrogen and oxygen atoms in total. The van der Waals surface area contributed by atoms with Crippen LogP contribution in [0.2, 0.25) is 0 Å². The van der Waals surface area contributed by atoms with Crippen LogP contribution < -0.4 is 11.1 Å². The molecule has 3 N–H and O–H groups in total. The maximum absolute atomic E-state index is 5.88. The van der Waals surface area contributed by atoms with E-state index in [1.165, 1.54) is 6.20 Å². The fourth-order valence-corrected chi connectivity index (χ4v) is 3.26. The van der Waals surface area contributed by atoms with Gasteiger partial charge in [-0.15, -0.1) is 5.10 Å². The number of ether oxygens (including phenoxy) is 2. The number of nitrogens with zero attached hydrogens (tertiary/aromatic N) is 5. The van der Waals surface area contributed by atoms with E-state index in [0.717, 1.165) is 27.7 Å². The third-order valence-electron chi connectivity index (χ3n) is 5.05. The number of hydrogen-bond donors (Lipinski definition) is 2. The molecular weight excluding hydrogens is 418 g/mol. The average Bonchev–Trinajstić information content (AvgIpc) is 2.82. The number of rotatable bonds is 11. The molecule has 0 saturated carbocycles. The van der Waals surface area contributed by atoms with Crippen molar-refractivity contribution >= 4 is 34.5 Å². The van der Waals surface area contributed by atoms with E-state index in [9.17, 15) is 0 Å². The van der Waals surface area contributed by atoms with Gasteiger partial charge in [0.1, 0.15) is 5.82 Å². The molecule has 0 radical (unpaired) electrons. The Labute approximate surface area is 194 Å². The van der Waals surface area contributed by atoms with Crippen molar-refractivity contribution in [1.29, 1.82) is 0 Å². The molecule has 0 aliphatic heterocycles. The lowest BCUT2D eigenvalue weighted by Crippen LogP contribution is -2.17. The Morgan fingerprint density at radius 3 is 2.58 bits per heavy atom. The number of aromatic nitrogens is 4. The fourth-order valence-electron chi connectivity index (χ4n) is 3.26. The van der Waals surface area contributed by atoms with Gasteiger partial charge in [-0.25, -0.2) is 4.98 Å². The van der Waals surface area contributed by atoms with Gasteiger partial charge in [-0.05, 0) is 35.7 Å². The van der Waals surface area contributed by atoms with E-state index in [1.54, 1.807) is 32.8 Å². The Hall–Kier alpha value is -3.43. The molecule has 0 fully saturated rings. The summed E-state index contributed by atoms with van der Waals surface area (Å²) in [5.74, 6) is 1.84. The van der Waals surface area contributed by atoms with E-state index in [1.807, 2.05) is 24.3 Å². The summed E-state index contributed by atoms with van der Waals surface area (Å²) < 4.78 is 10.4. The fraction of sp³-hybridized carbons (Fsp3) is 0.375. The molecule has 3 heterocycles. The maximum Gasteiger partial charge on any atom is 0.154 e. The third-order valence-corrected chi connectivity index (χ3v) is 5.05. The number of anilines is 2. The van der Waals surface area contributed by atoms with Crippen LogP contribution in [0.5, 0.6) is 0 Å². The summed E-state index contributed by atoms with van der Waals surface area (Å²) in [6, 6.07) is 7.69. The summed E-state index contributed by atoms with van der Waals surface area (Å²) in [6.45, 7) is 5.96. The molecule has 3 aromatic heterocycles. The van der Waals surface area contributed by atoms with Crippen molar-refractivity contribution in [2.24, 2.45) is 16.6 Å². The van der Waals surface area contributed by atoms with Gasteiger partial charge in [-0.3, -0.25) is 9.98 Å². The van der Waals surface area contributed by atoms with Gasteiger partial charge >= 0.3 is 0 Å². The summed E-state index contributed by atoms with van der Waals surface area (Å²) in [5, 5.41) is 11.4. The van der Waals surface area contributed by atoms with Crippen molar-refractivity contribution in [2.75, 3.05) is 39.3 Å². The zero-order chi connectivity index (χ0) is 23.6. The zero-order valence-corrected chi connectivity index (χ0v) is 19.5. The van der Waals surface area contributed by atoms with Gasteiger partial charge in [0.25, 0.3) is 0 Å². The number of allylic oxidation sites excluding steroid dienone is 1. The van der Waals surface area contributed by atoms with Crippen molar-refractivity contribution in [3.05, 3.63) is 54.0 Å². The number of aliphatic imine (C=N–C) groups is 1. The van der Waals surface area contributed by atoms with E-state index < -0.39 is 0 Å². The van der Waals surface area contributed by atoms with E-state index in [-0.39, 0.29) is 5.92 Å². The second-order valence-electron chi connectivity index (χ2n) is 8.01. The molecule has 33 heavy (non-hydrogen) atoms. The molecule has 3 aromatic rings. The minimum absolute atomic E-state index is 0.178. The second-order valence-corrected chi connectivity index (χ2v) is 8.01. The predicted octanol–water partition coefficient (Wildman–Crippen LogP) is 3.57. The highest BCUT2D eigenvalue weighted by molar-refractivity contribution is 6.10. The zero-order valence-electron chi connectivity index (χ0n) is 19.5. The second kappa shape index (κ2) is 12.0. The highest BCUT2D eigenvalue weighted by atomic mass is 16.5. The van der Waals surface area contributed by atoms with Gasteiger partial charge in [0.2, 0.25) is 0 Å². The molecule has 3 rings (SSSR count). The van der Waals surface area contributed by atoms with Crippen LogP contribution in [0, 0.1) is 5.92 Å². The van der Waals surface area contributed by atoms with Gasteiger partial charge in [0, 0.05) is 56.4 Å². The standard InChI is InChI=1S/C24H31N7O2/c1-16(2)18-8-24(31-28-13-18)30-23-6-5-21-22(29-23)7-19(12-27-21)20(9-25)11-26-10-17(14-32-3)15-33-4/h5-9,11-13,16-17H,10,14-15,25H2,1-4H3,(H,29,30,31). The first kappa shape index (κ1) is 24.2. The van der Waals surface area contributed by atoms with Gasteiger partial charge in [-0.2, -0.15) is 5.10 Å². The molecule has 0 aliphatic carbocycles. The van der Waals surface area contributed by atoms with E-state index in [4.69, 9.17) is 20.2 Å². The minimum Gasteiger partial charge on any atom is -0.404 e. The Bertz CT molecular complexity index is 1110. The first-order valence-corrected chi connectivity index (χ1v) is 10.8. The molecule has 174 valence electrons. The summed E-state index contributed by atoms with van der Waals surface area (Å²) >= 11 is 0. The Morgan fingerprint density at radius 1 is 1.09 bits per heavy atom. The highest BCUT2D eigenvalue weighted by Gasteiger charge is 2.09. The van der Waals surface area contributed by atoms with Crippen molar-refractivity contribution in [2.45, 2.75) is 19.8 Å². The molecule has 0 bridgehead atoms. The number of hydrogen-bond acceptors (Lipinski definition) is 9. The van der Waals surface area contributed by atoms with Gasteiger partial charge in [-0.1, -0.05) is 13.8 Å². The number of nitrogens with one attached hydrogen (secondary N) is 1. The maximum atomic E-state index is 5.88. The van der Waals surface area contributed by atoms with Gasteiger partial charge in [0.15, 0.2) is 5.82 Å². The summed E-state index contributed by atoms with van der Waals surface area (Å²) in [7, 11) is 3.34. The normalized spacial score (nSPS) is 12.4. The number of methoxy groups -OCH3 is 2. The minimum atomic E-state index is 0.178. The quantitative estimate of drug-likeness (QED) is 0.426. The molecule has 9 heteroatoms. The van der Waals surface area contributed by atoms with Crippen LogP contribution in [-0.4, -0.2) is 60.4 Å². The Morgan fingerprint density at radius 2 is 1.88 bits per heavy atom. The monoisotopic (exact) mass is 449 g/mol. The van der Waals surface area contributed by atoms with Gasteiger partial charge in [0.05, 0.1) is 30.4 Å². The summed E-state index contributed by atoms with van der Waals surface area (Å²) in [5.41, 5.74) is 10.1. The lowest BCUT2D eigenvalue weighted by Gasteiger charge is -2.12. The number of nitrogens with two attached hydrogens (primary N) is 1. The Balaban J connectivity index is 1.79. The molecule has 0 aromatic carbocycles. The molecule has 0 saturated heterocycles. The van der Waals surface area contributed by atoms with E-state index in [2.05, 4.69) is 39.3 Å². The SMILES string of the molecule is COCC(CN=CC(=CN)c1cnc2ccc(Nc3cc(C(C)C)cnn3)nc2c1)COC.